The number of piperidine rings is 1. The number of anilines is 2. The molecular formula is C32H36N6O2. The molecule has 2 aromatic carbocycles. The van der Waals surface area contributed by atoms with Crippen LogP contribution >= 0.6 is 0 Å². The SMILES string of the molecule is C=CC(=CC)COc1ccc(-c2cnn3ccc(C(=O)Nc4cccc(N5CCC(NCC)CC5)c4)nc23)cc1. The van der Waals surface area contributed by atoms with E-state index in [1.807, 2.05) is 55.5 Å². The zero-order chi connectivity index (χ0) is 27.9. The van der Waals surface area contributed by atoms with Crippen molar-refractivity contribution in [1.82, 2.24) is 19.9 Å². The second-order valence-electron chi connectivity index (χ2n) is 9.84. The summed E-state index contributed by atoms with van der Waals surface area (Å²) >= 11 is 0. The molecule has 1 fully saturated rings. The number of aromatic nitrogens is 3. The summed E-state index contributed by atoms with van der Waals surface area (Å²) in [5, 5.41) is 11.0. The smallest absolute Gasteiger partial charge is 0.274 e. The molecule has 0 bridgehead atoms. The Labute approximate surface area is 235 Å². The fourth-order valence-corrected chi connectivity index (χ4v) is 4.96. The van der Waals surface area contributed by atoms with Gasteiger partial charge in [0, 0.05) is 42.3 Å². The van der Waals surface area contributed by atoms with Crippen LogP contribution in [0.15, 0.2) is 91.3 Å². The number of carbonyl (C=O) groups excluding carboxylic acids is 1. The maximum Gasteiger partial charge on any atom is 0.274 e. The Bertz CT molecular complexity index is 1500. The van der Waals surface area contributed by atoms with Gasteiger partial charge < -0.3 is 20.3 Å². The van der Waals surface area contributed by atoms with E-state index in [1.165, 1.54) is 0 Å². The number of nitrogens with zero attached hydrogens (tertiary/aromatic N) is 4. The Kier molecular flexibility index (Phi) is 8.56. The first kappa shape index (κ1) is 27.1. The van der Waals surface area contributed by atoms with E-state index in [-0.39, 0.29) is 5.91 Å². The summed E-state index contributed by atoms with van der Waals surface area (Å²) in [6, 6.07) is 18.1. The molecule has 0 unspecified atom stereocenters. The van der Waals surface area contributed by atoms with Gasteiger partial charge in [-0.3, -0.25) is 4.79 Å². The molecule has 1 aliphatic heterocycles. The average Bonchev–Trinajstić information content (AvgIpc) is 3.42. The summed E-state index contributed by atoms with van der Waals surface area (Å²) in [5.74, 6) is 0.502. The largest absolute Gasteiger partial charge is 0.489 e. The highest BCUT2D eigenvalue weighted by Crippen LogP contribution is 2.27. The first-order valence-electron chi connectivity index (χ1n) is 13.8. The Balaban J connectivity index is 1.28. The minimum Gasteiger partial charge on any atom is -0.489 e. The van der Waals surface area contributed by atoms with Crippen molar-refractivity contribution in [2.24, 2.45) is 0 Å². The highest BCUT2D eigenvalue weighted by molar-refractivity contribution is 6.03. The predicted molar refractivity (Wildman–Crippen MR) is 161 cm³/mol. The molecular weight excluding hydrogens is 500 g/mol. The van der Waals surface area contributed by atoms with E-state index in [9.17, 15) is 4.79 Å². The molecule has 5 rings (SSSR count). The van der Waals surface area contributed by atoms with E-state index in [4.69, 9.17) is 4.74 Å². The number of ether oxygens (including phenoxy) is 1. The van der Waals surface area contributed by atoms with Crippen LogP contribution in [0.1, 0.15) is 37.2 Å². The molecule has 3 heterocycles. The van der Waals surface area contributed by atoms with Crippen molar-refractivity contribution in [2.45, 2.75) is 32.7 Å². The number of carbonyl (C=O) groups is 1. The predicted octanol–water partition coefficient (Wildman–Crippen LogP) is 5.74. The molecule has 0 radical (unpaired) electrons. The lowest BCUT2D eigenvalue weighted by molar-refractivity contribution is 0.102. The summed E-state index contributed by atoms with van der Waals surface area (Å²) in [4.78, 5) is 20.2. The lowest BCUT2D eigenvalue weighted by Gasteiger charge is -2.34. The summed E-state index contributed by atoms with van der Waals surface area (Å²) in [7, 11) is 0. The normalized spacial score (nSPS) is 14.3. The number of allylic oxidation sites excluding steroid dienone is 1. The Morgan fingerprint density at radius 2 is 1.95 bits per heavy atom. The van der Waals surface area contributed by atoms with Gasteiger partial charge in [-0.1, -0.05) is 43.9 Å². The molecule has 0 saturated carbocycles. The Morgan fingerprint density at radius 1 is 1.15 bits per heavy atom. The van der Waals surface area contributed by atoms with Crippen LogP contribution in [0.4, 0.5) is 11.4 Å². The highest BCUT2D eigenvalue weighted by Gasteiger charge is 2.19. The fourth-order valence-electron chi connectivity index (χ4n) is 4.96. The van der Waals surface area contributed by atoms with Crippen LogP contribution in [-0.2, 0) is 0 Å². The van der Waals surface area contributed by atoms with Gasteiger partial charge in [0.05, 0.1) is 6.20 Å². The topological polar surface area (TPSA) is 83.8 Å². The number of benzene rings is 2. The molecule has 0 spiro atoms. The van der Waals surface area contributed by atoms with Gasteiger partial charge in [-0.05, 0) is 73.8 Å². The second-order valence-corrected chi connectivity index (χ2v) is 9.84. The lowest BCUT2D eigenvalue weighted by Crippen LogP contribution is -2.42. The maximum absolute atomic E-state index is 13.2. The van der Waals surface area contributed by atoms with Gasteiger partial charge in [0.15, 0.2) is 5.65 Å². The fraction of sp³-hybridized carbons (Fsp3) is 0.281. The van der Waals surface area contributed by atoms with Gasteiger partial charge in [0.2, 0.25) is 0 Å². The van der Waals surface area contributed by atoms with E-state index in [2.05, 4.69) is 45.2 Å². The zero-order valence-corrected chi connectivity index (χ0v) is 23.1. The number of fused-ring (bicyclic) bond motifs is 1. The number of hydrogen-bond donors (Lipinski definition) is 2. The molecule has 0 aliphatic carbocycles. The van der Waals surface area contributed by atoms with Gasteiger partial charge in [-0.2, -0.15) is 5.10 Å². The summed E-state index contributed by atoms with van der Waals surface area (Å²) < 4.78 is 7.52. The van der Waals surface area contributed by atoms with Crippen molar-refractivity contribution < 1.29 is 9.53 Å². The van der Waals surface area contributed by atoms with Gasteiger partial charge in [-0.25, -0.2) is 9.50 Å². The number of rotatable bonds is 10. The first-order valence-corrected chi connectivity index (χ1v) is 13.8. The van der Waals surface area contributed by atoms with Gasteiger partial charge in [-0.15, -0.1) is 0 Å². The highest BCUT2D eigenvalue weighted by atomic mass is 16.5. The molecule has 0 atom stereocenters. The molecule has 1 saturated heterocycles. The molecule has 206 valence electrons. The first-order chi connectivity index (χ1) is 19.6. The maximum atomic E-state index is 13.2. The number of nitrogens with one attached hydrogen (secondary N) is 2. The van der Waals surface area contributed by atoms with Crippen molar-refractivity contribution in [3.63, 3.8) is 0 Å². The average molecular weight is 537 g/mol. The third kappa shape index (κ3) is 6.24. The molecule has 1 amide bonds. The summed E-state index contributed by atoms with van der Waals surface area (Å²) in [6.07, 6.45) is 9.52. The molecule has 2 N–H and O–H groups in total. The lowest BCUT2D eigenvalue weighted by atomic mass is 10.0. The molecule has 1 aliphatic rings. The standard InChI is InChI=1S/C32H36N6O2/c1-4-23(5-2)22-40-28-12-10-24(11-13-28)29-21-34-38-19-16-30(36-31(29)38)32(39)35-26-8-7-9-27(20-26)37-17-14-25(15-18-37)33-6-3/h4-5,7-13,16,19-21,25,33H,1,6,14-15,17-18,22H2,2-3H3,(H,35,39). The van der Waals surface area contributed by atoms with Crippen LogP contribution in [0, 0.1) is 0 Å². The monoisotopic (exact) mass is 536 g/mol. The molecule has 4 aromatic rings. The van der Waals surface area contributed by atoms with Gasteiger partial charge in [0.1, 0.15) is 18.1 Å². The van der Waals surface area contributed by atoms with Crippen LogP contribution in [-0.4, -0.2) is 52.8 Å². The van der Waals surface area contributed by atoms with E-state index < -0.39 is 0 Å². The van der Waals surface area contributed by atoms with Crippen LogP contribution in [0.25, 0.3) is 16.8 Å². The number of hydrogen-bond acceptors (Lipinski definition) is 6. The van der Waals surface area contributed by atoms with Crippen molar-refractivity contribution in [1.29, 1.82) is 0 Å². The van der Waals surface area contributed by atoms with Crippen molar-refractivity contribution in [3.8, 4) is 16.9 Å². The Morgan fingerprint density at radius 3 is 2.67 bits per heavy atom. The molecule has 8 heteroatoms. The summed E-state index contributed by atoms with van der Waals surface area (Å²) in [5.41, 5.74) is 5.61. The van der Waals surface area contributed by atoms with Gasteiger partial charge in [0.25, 0.3) is 5.91 Å². The molecule has 2 aromatic heterocycles. The van der Waals surface area contributed by atoms with Crippen molar-refractivity contribution in [3.05, 3.63) is 97.0 Å². The second kappa shape index (κ2) is 12.6. The minimum absolute atomic E-state index is 0.261. The minimum atomic E-state index is -0.261. The Hall–Kier alpha value is -4.43. The third-order valence-corrected chi connectivity index (χ3v) is 7.26. The van der Waals surface area contributed by atoms with E-state index in [0.29, 0.717) is 24.0 Å². The van der Waals surface area contributed by atoms with E-state index in [0.717, 1.165) is 66.3 Å². The van der Waals surface area contributed by atoms with Gasteiger partial charge >= 0.3 is 0 Å². The van der Waals surface area contributed by atoms with Crippen LogP contribution < -0.4 is 20.3 Å². The van der Waals surface area contributed by atoms with Crippen molar-refractivity contribution >= 4 is 22.9 Å². The van der Waals surface area contributed by atoms with E-state index in [1.54, 1.807) is 29.1 Å². The van der Waals surface area contributed by atoms with Crippen molar-refractivity contribution in [2.75, 3.05) is 36.5 Å². The van der Waals surface area contributed by atoms with Crippen LogP contribution in [0.3, 0.4) is 0 Å². The van der Waals surface area contributed by atoms with Crippen LogP contribution in [0.2, 0.25) is 0 Å². The third-order valence-electron chi connectivity index (χ3n) is 7.26. The zero-order valence-electron chi connectivity index (χ0n) is 23.1. The van der Waals surface area contributed by atoms with Crippen LogP contribution in [0.5, 0.6) is 5.75 Å². The quantitative estimate of drug-likeness (QED) is 0.252. The summed E-state index contributed by atoms with van der Waals surface area (Å²) in [6.45, 7) is 11.4. The van der Waals surface area contributed by atoms with E-state index >= 15 is 0 Å². The molecule has 8 nitrogen and oxygen atoms in total. The molecule has 40 heavy (non-hydrogen) atoms. The number of amides is 1.